The Kier molecular flexibility index (Phi) is 11.9. The number of ether oxygens (including phenoxy) is 1. The lowest BCUT2D eigenvalue weighted by Gasteiger charge is -2.52. The number of hydrogen-bond acceptors (Lipinski definition) is 8. The summed E-state index contributed by atoms with van der Waals surface area (Å²) in [6.07, 6.45) is 7.14. The maximum Gasteiger partial charge on any atom is 0.251 e. The Balaban J connectivity index is 1.07. The highest BCUT2D eigenvalue weighted by Crippen LogP contribution is 2.37. The van der Waals surface area contributed by atoms with Crippen molar-refractivity contribution in [2.24, 2.45) is 5.92 Å². The zero-order valence-corrected chi connectivity index (χ0v) is 30.3. The third kappa shape index (κ3) is 7.78. The highest BCUT2D eigenvalue weighted by atomic mass is 16.5. The summed E-state index contributed by atoms with van der Waals surface area (Å²) in [5.74, 6) is -0.252. The van der Waals surface area contributed by atoms with Gasteiger partial charge >= 0.3 is 0 Å². The summed E-state index contributed by atoms with van der Waals surface area (Å²) in [4.78, 5) is 47.2. The number of amides is 3. The van der Waals surface area contributed by atoms with Crippen molar-refractivity contribution in [2.45, 2.75) is 103 Å². The molecule has 4 fully saturated rings. The molecule has 1 spiro atoms. The largest absolute Gasteiger partial charge is 0.390 e. The molecule has 3 amide bonds. The highest BCUT2D eigenvalue weighted by Gasteiger charge is 2.55. The van der Waals surface area contributed by atoms with E-state index in [4.69, 9.17) is 9.84 Å². The van der Waals surface area contributed by atoms with Gasteiger partial charge in [-0.2, -0.15) is 5.10 Å². The maximum absolute atomic E-state index is 14.0. The number of piperidine rings is 1. The number of carbonyl (C=O) groups is 3. The van der Waals surface area contributed by atoms with Crippen LogP contribution in [0, 0.1) is 19.8 Å². The second-order valence-electron chi connectivity index (χ2n) is 14.8. The van der Waals surface area contributed by atoms with Gasteiger partial charge in [-0.25, -0.2) is 4.68 Å². The lowest BCUT2D eigenvalue weighted by atomic mass is 9.78. The maximum atomic E-state index is 14.0. The molecule has 4 heterocycles. The Labute approximate surface area is 296 Å². The van der Waals surface area contributed by atoms with E-state index in [9.17, 15) is 19.5 Å². The smallest absolute Gasteiger partial charge is 0.251 e. The van der Waals surface area contributed by atoms with Crippen molar-refractivity contribution in [3.05, 3.63) is 46.8 Å². The highest BCUT2D eigenvalue weighted by molar-refractivity contribution is 6.00. The van der Waals surface area contributed by atoms with Crippen molar-refractivity contribution >= 4 is 17.7 Å². The lowest BCUT2D eigenvalue weighted by molar-refractivity contribution is -0.166. The van der Waals surface area contributed by atoms with Gasteiger partial charge in [0, 0.05) is 69.2 Å². The van der Waals surface area contributed by atoms with Crippen molar-refractivity contribution in [2.75, 3.05) is 59.0 Å². The number of aryl methyl sites for hydroxylation is 1. The van der Waals surface area contributed by atoms with Crippen LogP contribution in [0.4, 0.5) is 0 Å². The molecule has 50 heavy (non-hydrogen) atoms. The molecule has 2 atom stereocenters. The SMILES string of the molecule is CCCCN1C(=O)[C@@H]([C@H](O)C2CCCCC2)NC(=O)C12CCN(Cc1c(C)nn(-c3ccc(C(=O)NCCN4CCOCC4)cc3)c1C)CC2. The molecule has 0 radical (unpaired) electrons. The first kappa shape index (κ1) is 36.5. The average molecular weight is 692 g/mol. The molecule has 4 aliphatic rings. The molecule has 1 saturated carbocycles. The summed E-state index contributed by atoms with van der Waals surface area (Å²) < 4.78 is 7.33. The van der Waals surface area contributed by atoms with Gasteiger partial charge in [-0.3, -0.25) is 24.2 Å². The Morgan fingerprint density at radius 2 is 1.72 bits per heavy atom. The topological polar surface area (TPSA) is 132 Å². The molecule has 6 rings (SSSR count). The van der Waals surface area contributed by atoms with Gasteiger partial charge in [-0.15, -0.1) is 0 Å². The van der Waals surface area contributed by atoms with Crippen LogP contribution in [0.3, 0.4) is 0 Å². The zero-order chi connectivity index (χ0) is 35.3. The number of aliphatic hydroxyl groups excluding tert-OH is 1. The zero-order valence-electron chi connectivity index (χ0n) is 30.3. The van der Waals surface area contributed by atoms with E-state index < -0.39 is 17.7 Å². The van der Waals surface area contributed by atoms with Crippen molar-refractivity contribution in [3.63, 3.8) is 0 Å². The van der Waals surface area contributed by atoms with Gasteiger partial charge in [0.25, 0.3) is 5.91 Å². The number of aliphatic hydroxyl groups is 1. The number of aromatic nitrogens is 2. The molecule has 274 valence electrons. The van der Waals surface area contributed by atoms with Crippen LogP contribution < -0.4 is 10.6 Å². The van der Waals surface area contributed by atoms with E-state index in [-0.39, 0.29) is 23.6 Å². The Morgan fingerprint density at radius 3 is 2.40 bits per heavy atom. The van der Waals surface area contributed by atoms with Gasteiger partial charge in [0.05, 0.1) is 30.7 Å². The summed E-state index contributed by atoms with van der Waals surface area (Å²) in [6.45, 7) is 13.5. The molecule has 1 aromatic carbocycles. The van der Waals surface area contributed by atoms with E-state index in [0.717, 1.165) is 94.0 Å². The van der Waals surface area contributed by atoms with Gasteiger partial charge in [0.1, 0.15) is 11.6 Å². The number of piperazine rings is 1. The summed E-state index contributed by atoms with van der Waals surface area (Å²) in [6, 6.07) is 6.71. The van der Waals surface area contributed by atoms with Gasteiger partial charge in [0.15, 0.2) is 0 Å². The van der Waals surface area contributed by atoms with Crippen LogP contribution in [-0.2, 0) is 20.9 Å². The normalized spacial score (nSPS) is 22.9. The lowest BCUT2D eigenvalue weighted by Crippen LogP contribution is -2.75. The number of carbonyl (C=O) groups excluding carboxylic acids is 3. The number of unbranched alkanes of at least 4 members (excludes halogenated alkanes) is 1. The predicted molar refractivity (Wildman–Crippen MR) is 191 cm³/mol. The van der Waals surface area contributed by atoms with E-state index in [1.807, 2.05) is 40.8 Å². The molecule has 0 unspecified atom stereocenters. The van der Waals surface area contributed by atoms with Gasteiger partial charge in [-0.05, 0) is 76.1 Å². The molecular formula is C38H57N7O5. The van der Waals surface area contributed by atoms with Gasteiger partial charge < -0.3 is 25.4 Å². The molecule has 0 bridgehead atoms. The van der Waals surface area contributed by atoms with E-state index in [1.54, 1.807) is 0 Å². The fourth-order valence-electron chi connectivity index (χ4n) is 8.42. The second kappa shape index (κ2) is 16.4. The van der Waals surface area contributed by atoms with E-state index in [0.29, 0.717) is 51.1 Å². The van der Waals surface area contributed by atoms with E-state index in [2.05, 4.69) is 34.3 Å². The number of rotatable bonds is 12. The molecular weight excluding hydrogens is 634 g/mol. The first-order chi connectivity index (χ1) is 24.2. The number of hydrogen-bond donors (Lipinski definition) is 3. The van der Waals surface area contributed by atoms with Crippen LogP contribution in [0.1, 0.15) is 92.0 Å². The van der Waals surface area contributed by atoms with Crippen molar-refractivity contribution in [1.29, 1.82) is 0 Å². The van der Waals surface area contributed by atoms with Crippen molar-refractivity contribution < 1.29 is 24.2 Å². The van der Waals surface area contributed by atoms with E-state index >= 15 is 0 Å². The number of likely N-dealkylation sites (tertiary alicyclic amines) is 1. The number of morpholine rings is 1. The molecule has 3 aliphatic heterocycles. The minimum Gasteiger partial charge on any atom is -0.390 e. The standard InChI is InChI=1S/C38H57N7O5/c1-4-5-18-44-36(48)33(34(46)29-9-7-6-8-10-29)40-37(49)38(44)15-19-43(20-16-38)26-32-27(2)41-45(28(32)3)31-13-11-30(12-14-31)35(47)39-17-21-42-22-24-50-25-23-42/h11-14,29,33-34,46H,4-10,15-26H2,1-3H3,(H,39,47)(H,40,49)/t33-,34-/m1/s1. The van der Waals surface area contributed by atoms with Gasteiger partial charge in [0.2, 0.25) is 11.8 Å². The monoisotopic (exact) mass is 691 g/mol. The first-order valence-corrected chi connectivity index (χ1v) is 19.0. The summed E-state index contributed by atoms with van der Waals surface area (Å²) in [5.41, 5.74) is 3.77. The third-order valence-electron chi connectivity index (χ3n) is 11.7. The molecule has 12 nitrogen and oxygen atoms in total. The molecule has 3 saturated heterocycles. The Hall–Kier alpha value is -3.32. The molecule has 2 aromatic rings. The van der Waals surface area contributed by atoms with Gasteiger partial charge in [-0.1, -0.05) is 32.6 Å². The van der Waals surface area contributed by atoms with Crippen molar-refractivity contribution in [3.8, 4) is 5.69 Å². The summed E-state index contributed by atoms with van der Waals surface area (Å²) >= 11 is 0. The molecule has 12 heteroatoms. The summed E-state index contributed by atoms with van der Waals surface area (Å²) in [5, 5.41) is 22.2. The molecule has 1 aliphatic carbocycles. The van der Waals surface area contributed by atoms with Crippen LogP contribution in [0.25, 0.3) is 5.69 Å². The quantitative estimate of drug-likeness (QED) is 0.310. The third-order valence-corrected chi connectivity index (χ3v) is 11.7. The number of nitrogens with zero attached hydrogens (tertiary/aromatic N) is 5. The second-order valence-corrected chi connectivity index (χ2v) is 14.8. The fraction of sp³-hybridized carbons (Fsp3) is 0.684. The molecule has 1 aromatic heterocycles. The number of benzene rings is 1. The van der Waals surface area contributed by atoms with Crippen LogP contribution in [0.5, 0.6) is 0 Å². The Bertz CT molecular complexity index is 1470. The minimum atomic E-state index is -0.879. The first-order valence-electron chi connectivity index (χ1n) is 19.0. The van der Waals surface area contributed by atoms with Crippen LogP contribution in [0.15, 0.2) is 24.3 Å². The van der Waals surface area contributed by atoms with Crippen molar-refractivity contribution in [1.82, 2.24) is 35.1 Å². The predicted octanol–water partition coefficient (Wildman–Crippen LogP) is 2.95. The van der Waals surface area contributed by atoms with E-state index in [1.165, 1.54) is 6.42 Å². The average Bonchev–Trinajstić information content (AvgIpc) is 3.43. The molecule has 3 N–H and O–H groups in total. The fourth-order valence-corrected chi connectivity index (χ4v) is 8.42. The Morgan fingerprint density at radius 1 is 1.02 bits per heavy atom. The number of nitrogens with one attached hydrogen (secondary N) is 2. The van der Waals surface area contributed by atoms with Crippen LogP contribution >= 0.6 is 0 Å². The summed E-state index contributed by atoms with van der Waals surface area (Å²) in [7, 11) is 0. The van der Waals surface area contributed by atoms with Crippen LogP contribution in [0.2, 0.25) is 0 Å². The minimum absolute atomic E-state index is 0.0579. The van der Waals surface area contributed by atoms with Crippen LogP contribution in [-0.4, -0.2) is 124 Å².